The third kappa shape index (κ3) is 5.66. The number of halogens is 2. The highest BCUT2D eigenvalue weighted by atomic mass is 19.2. The van der Waals surface area contributed by atoms with Crippen LogP contribution in [0, 0.1) is 11.6 Å². The molecule has 6 nitrogen and oxygen atoms in total. The number of carbonyl (C=O) groups excluding carboxylic acids is 3. The second-order valence-electron chi connectivity index (χ2n) is 5.47. The van der Waals surface area contributed by atoms with E-state index in [0.29, 0.717) is 12.1 Å². The Morgan fingerprint density at radius 1 is 0.923 bits per heavy atom. The third-order valence-corrected chi connectivity index (χ3v) is 3.37. The molecule has 136 valence electrons. The van der Waals surface area contributed by atoms with Crippen molar-refractivity contribution in [2.24, 2.45) is 0 Å². The minimum absolute atomic E-state index is 0.0884. The van der Waals surface area contributed by atoms with Gasteiger partial charge in [-0.15, -0.1) is 0 Å². The predicted molar refractivity (Wildman–Crippen MR) is 91.3 cm³/mol. The third-order valence-electron chi connectivity index (χ3n) is 3.37. The maximum Gasteiger partial charge on any atom is 0.251 e. The fourth-order valence-electron chi connectivity index (χ4n) is 2.04. The van der Waals surface area contributed by atoms with Crippen molar-refractivity contribution in [1.29, 1.82) is 0 Å². The molecule has 0 aromatic heterocycles. The summed E-state index contributed by atoms with van der Waals surface area (Å²) in [7, 11) is 0. The molecule has 3 amide bonds. The Labute approximate surface area is 148 Å². The van der Waals surface area contributed by atoms with Crippen LogP contribution >= 0.6 is 0 Å². The molecule has 0 unspecified atom stereocenters. The SMILES string of the molecule is CC(=O)NCc1ccc(C(=O)NCC(=O)Nc2ccc(F)c(F)c2)cc1. The lowest BCUT2D eigenvalue weighted by Gasteiger charge is -2.08. The summed E-state index contributed by atoms with van der Waals surface area (Å²) in [5, 5.41) is 7.42. The normalized spacial score (nSPS) is 10.1. The molecule has 0 fully saturated rings. The van der Waals surface area contributed by atoms with Gasteiger partial charge in [-0.05, 0) is 29.8 Å². The molecule has 0 saturated heterocycles. The van der Waals surface area contributed by atoms with Crippen LogP contribution in [0.5, 0.6) is 0 Å². The van der Waals surface area contributed by atoms with Gasteiger partial charge in [0.15, 0.2) is 11.6 Å². The minimum atomic E-state index is -1.08. The van der Waals surface area contributed by atoms with E-state index in [-0.39, 0.29) is 18.1 Å². The highest BCUT2D eigenvalue weighted by molar-refractivity contribution is 5.99. The van der Waals surface area contributed by atoms with E-state index in [1.807, 2.05) is 0 Å². The van der Waals surface area contributed by atoms with Crippen LogP contribution in [0.3, 0.4) is 0 Å². The van der Waals surface area contributed by atoms with Gasteiger partial charge in [0.25, 0.3) is 5.91 Å². The van der Waals surface area contributed by atoms with Gasteiger partial charge in [-0.2, -0.15) is 0 Å². The van der Waals surface area contributed by atoms with Crippen LogP contribution in [0.25, 0.3) is 0 Å². The highest BCUT2D eigenvalue weighted by Gasteiger charge is 2.10. The molecular weight excluding hydrogens is 344 g/mol. The molecule has 0 heterocycles. The second-order valence-corrected chi connectivity index (χ2v) is 5.47. The van der Waals surface area contributed by atoms with Crippen LogP contribution < -0.4 is 16.0 Å². The number of amides is 3. The molecule has 2 aromatic rings. The van der Waals surface area contributed by atoms with Crippen molar-refractivity contribution in [1.82, 2.24) is 10.6 Å². The molecule has 2 rings (SSSR count). The Balaban J connectivity index is 1.84. The maximum absolute atomic E-state index is 13.1. The monoisotopic (exact) mass is 361 g/mol. The summed E-state index contributed by atoms with van der Waals surface area (Å²) in [5.41, 5.74) is 1.26. The average molecular weight is 361 g/mol. The molecule has 0 spiro atoms. The van der Waals surface area contributed by atoms with Gasteiger partial charge in [-0.3, -0.25) is 14.4 Å². The Morgan fingerprint density at radius 2 is 1.62 bits per heavy atom. The number of hydrogen-bond donors (Lipinski definition) is 3. The van der Waals surface area contributed by atoms with Gasteiger partial charge in [0.05, 0.1) is 6.54 Å². The van der Waals surface area contributed by atoms with Crippen LogP contribution in [-0.4, -0.2) is 24.3 Å². The fourth-order valence-corrected chi connectivity index (χ4v) is 2.04. The lowest BCUT2D eigenvalue weighted by Crippen LogP contribution is -2.32. The molecule has 0 atom stereocenters. The first-order chi connectivity index (χ1) is 12.3. The number of carbonyl (C=O) groups is 3. The molecule has 3 N–H and O–H groups in total. The zero-order valence-electron chi connectivity index (χ0n) is 13.9. The lowest BCUT2D eigenvalue weighted by atomic mass is 10.1. The predicted octanol–water partition coefficient (Wildman–Crippen LogP) is 1.97. The molecular formula is C18H17F2N3O3. The number of anilines is 1. The Bertz CT molecular complexity index is 823. The standard InChI is InChI=1S/C18H17F2N3O3/c1-11(24)21-9-12-2-4-13(5-3-12)18(26)22-10-17(25)23-14-6-7-15(19)16(20)8-14/h2-8H,9-10H2,1H3,(H,21,24)(H,22,26)(H,23,25). The van der Waals surface area contributed by atoms with E-state index < -0.39 is 23.4 Å². The smallest absolute Gasteiger partial charge is 0.251 e. The minimum Gasteiger partial charge on any atom is -0.352 e. The molecule has 0 aliphatic rings. The van der Waals surface area contributed by atoms with Crippen molar-refractivity contribution in [2.45, 2.75) is 13.5 Å². The van der Waals surface area contributed by atoms with Gasteiger partial charge in [0, 0.05) is 30.8 Å². The topological polar surface area (TPSA) is 87.3 Å². The molecule has 0 radical (unpaired) electrons. The zero-order chi connectivity index (χ0) is 19.1. The van der Waals surface area contributed by atoms with E-state index in [0.717, 1.165) is 17.7 Å². The molecule has 0 aliphatic carbocycles. The fraction of sp³-hybridized carbons (Fsp3) is 0.167. The van der Waals surface area contributed by atoms with Crippen molar-refractivity contribution in [3.8, 4) is 0 Å². The summed E-state index contributed by atoms with van der Waals surface area (Å²) in [4.78, 5) is 34.6. The Morgan fingerprint density at radius 3 is 2.23 bits per heavy atom. The van der Waals surface area contributed by atoms with Gasteiger partial charge in [0.1, 0.15) is 0 Å². The van der Waals surface area contributed by atoms with E-state index in [1.54, 1.807) is 24.3 Å². The molecule has 2 aromatic carbocycles. The van der Waals surface area contributed by atoms with Crippen molar-refractivity contribution < 1.29 is 23.2 Å². The van der Waals surface area contributed by atoms with Crippen LogP contribution in [0.2, 0.25) is 0 Å². The number of rotatable bonds is 6. The second kappa shape index (κ2) is 8.70. The van der Waals surface area contributed by atoms with Crippen molar-refractivity contribution in [2.75, 3.05) is 11.9 Å². The van der Waals surface area contributed by atoms with Crippen LogP contribution in [0.4, 0.5) is 14.5 Å². The van der Waals surface area contributed by atoms with Crippen molar-refractivity contribution in [3.05, 3.63) is 65.2 Å². The Kier molecular flexibility index (Phi) is 6.37. The first-order valence-electron chi connectivity index (χ1n) is 7.71. The summed E-state index contributed by atoms with van der Waals surface area (Å²) in [6.07, 6.45) is 0. The average Bonchev–Trinajstić information content (AvgIpc) is 2.61. The van der Waals surface area contributed by atoms with E-state index in [9.17, 15) is 23.2 Å². The van der Waals surface area contributed by atoms with E-state index in [1.165, 1.54) is 13.0 Å². The lowest BCUT2D eigenvalue weighted by molar-refractivity contribution is -0.119. The summed E-state index contributed by atoms with van der Waals surface area (Å²) in [5.74, 6) is -3.29. The summed E-state index contributed by atoms with van der Waals surface area (Å²) >= 11 is 0. The first kappa shape index (κ1) is 19.0. The number of nitrogens with one attached hydrogen (secondary N) is 3. The van der Waals surface area contributed by atoms with Crippen LogP contribution in [0.15, 0.2) is 42.5 Å². The Hall–Kier alpha value is -3.29. The van der Waals surface area contributed by atoms with E-state index in [2.05, 4.69) is 16.0 Å². The summed E-state index contributed by atoms with van der Waals surface area (Å²) in [6.45, 7) is 1.44. The van der Waals surface area contributed by atoms with Gasteiger partial charge in [-0.1, -0.05) is 12.1 Å². The van der Waals surface area contributed by atoms with E-state index >= 15 is 0 Å². The van der Waals surface area contributed by atoms with Crippen LogP contribution in [-0.2, 0) is 16.1 Å². The first-order valence-corrected chi connectivity index (χ1v) is 7.71. The van der Waals surface area contributed by atoms with Gasteiger partial charge in [0.2, 0.25) is 11.8 Å². The van der Waals surface area contributed by atoms with Gasteiger partial charge >= 0.3 is 0 Å². The molecule has 0 saturated carbocycles. The van der Waals surface area contributed by atoms with Gasteiger partial charge < -0.3 is 16.0 Å². The van der Waals surface area contributed by atoms with Crippen LogP contribution in [0.1, 0.15) is 22.8 Å². The summed E-state index contributed by atoms with van der Waals surface area (Å²) < 4.78 is 25.9. The number of hydrogen-bond acceptors (Lipinski definition) is 3. The highest BCUT2D eigenvalue weighted by Crippen LogP contribution is 2.12. The quantitative estimate of drug-likeness (QED) is 0.735. The van der Waals surface area contributed by atoms with Gasteiger partial charge in [-0.25, -0.2) is 8.78 Å². The van der Waals surface area contributed by atoms with Crippen molar-refractivity contribution >= 4 is 23.4 Å². The molecule has 8 heteroatoms. The zero-order valence-corrected chi connectivity index (χ0v) is 13.9. The largest absolute Gasteiger partial charge is 0.352 e. The number of benzene rings is 2. The van der Waals surface area contributed by atoms with E-state index in [4.69, 9.17) is 0 Å². The molecule has 0 bridgehead atoms. The molecule has 26 heavy (non-hydrogen) atoms. The maximum atomic E-state index is 13.1. The summed E-state index contributed by atoms with van der Waals surface area (Å²) in [6, 6.07) is 9.47. The van der Waals surface area contributed by atoms with Crippen molar-refractivity contribution in [3.63, 3.8) is 0 Å². The molecule has 0 aliphatic heterocycles.